The quantitative estimate of drug-likeness (QED) is 0.603. The van der Waals surface area contributed by atoms with Crippen LogP contribution in [0, 0.1) is 0 Å². The van der Waals surface area contributed by atoms with Gasteiger partial charge >= 0.3 is 0 Å². The highest BCUT2D eigenvalue weighted by atomic mass is 31.0. The van der Waals surface area contributed by atoms with Gasteiger partial charge in [-0.05, 0) is 18.2 Å². The van der Waals surface area contributed by atoms with Crippen molar-refractivity contribution in [3.05, 3.63) is 53.9 Å². The van der Waals surface area contributed by atoms with E-state index in [4.69, 9.17) is 0 Å². The number of nitrogens with one attached hydrogen (secondary N) is 3. The summed E-state index contributed by atoms with van der Waals surface area (Å²) in [6.07, 6.45) is 5.17. The van der Waals surface area contributed by atoms with Crippen LogP contribution < -0.4 is 0 Å². The lowest BCUT2D eigenvalue weighted by Crippen LogP contribution is -2.23. The standard InChI is InChI=1S/C10H11N6P/c17-10(7-1-4-11-14-7,8-2-5-12-15-8)9-3-6-13-16-9/h1-6H,17H2,(H,11,14)(H,12,15)(H,13,16). The van der Waals surface area contributed by atoms with Gasteiger partial charge in [0.1, 0.15) is 5.16 Å². The summed E-state index contributed by atoms with van der Waals surface area (Å²) in [5.74, 6) is 0. The second kappa shape index (κ2) is 3.82. The van der Waals surface area contributed by atoms with Crippen molar-refractivity contribution in [2.24, 2.45) is 0 Å². The third kappa shape index (κ3) is 1.49. The van der Waals surface area contributed by atoms with E-state index in [1.54, 1.807) is 18.6 Å². The summed E-state index contributed by atoms with van der Waals surface area (Å²) in [6.45, 7) is 0. The van der Waals surface area contributed by atoms with Crippen LogP contribution >= 0.6 is 9.24 Å². The molecule has 0 aliphatic heterocycles. The summed E-state index contributed by atoms with van der Waals surface area (Å²) in [7, 11) is 2.82. The lowest BCUT2D eigenvalue weighted by Gasteiger charge is -2.25. The van der Waals surface area contributed by atoms with Crippen LogP contribution in [0.5, 0.6) is 0 Å². The first-order valence-electron chi connectivity index (χ1n) is 5.10. The van der Waals surface area contributed by atoms with Crippen LogP contribution in [-0.4, -0.2) is 30.6 Å². The minimum Gasteiger partial charge on any atom is -0.281 e. The number of aromatic nitrogens is 6. The van der Waals surface area contributed by atoms with E-state index in [0.29, 0.717) is 0 Å². The van der Waals surface area contributed by atoms with Crippen LogP contribution in [0.4, 0.5) is 0 Å². The largest absolute Gasteiger partial charge is 0.281 e. The lowest BCUT2D eigenvalue weighted by atomic mass is 9.96. The SMILES string of the molecule is PC(c1ccn[nH]1)(c1ccn[nH]1)c1ccn[nH]1. The van der Waals surface area contributed by atoms with E-state index in [9.17, 15) is 0 Å². The Labute approximate surface area is 99.4 Å². The fraction of sp³-hybridized carbons (Fsp3) is 0.100. The first kappa shape index (κ1) is 10.2. The van der Waals surface area contributed by atoms with Gasteiger partial charge in [0.25, 0.3) is 0 Å². The molecular weight excluding hydrogens is 235 g/mol. The van der Waals surface area contributed by atoms with Gasteiger partial charge in [0.2, 0.25) is 0 Å². The van der Waals surface area contributed by atoms with E-state index in [1.165, 1.54) is 0 Å². The Balaban J connectivity index is 2.21. The molecule has 0 radical (unpaired) electrons. The molecule has 0 saturated heterocycles. The summed E-state index contributed by atoms with van der Waals surface area (Å²) in [5.41, 5.74) is 2.82. The Kier molecular flexibility index (Phi) is 2.30. The topological polar surface area (TPSA) is 86.0 Å². The normalized spacial score (nSPS) is 11.8. The van der Waals surface area contributed by atoms with Crippen molar-refractivity contribution >= 4 is 9.24 Å². The number of aromatic amines is 3. The zero-order valence-corrected chi connectivity index (χ0v) is 10.0. The number of H-pyrrole nitrogens is 3. The first-order valence-corrected chi connectivity index (χ1v) is 5.68. The zero-order chi connectivity index (χ0) is 11.7. The molecule has 3 N–H and O–H groups in total. The van der Waals surface area contributed by atoms with Gasteiger partial charge in [0, 0.05) is 18.6 Å². The van der Waals surface area contributed by atoms with Gasteiger partial charge in [0.15, 0.2) is 0 Å². The molecule has 0 aromatic carbocycles. The maximum atomic E-state index is 4.00. The average molecular weight is 246 g/mol. The Morgan fingerprint density at radius 3 is 1.35 bits per heavy atom. The highest BCUT2D eigenvalue weighted by molar-refractivity contribution is 7.19. The van der Waals surface area contributed by atoms with Crippen LogP contribution in [0.25, 0.3) is 0 Å². The van der Waals surface area contributed by atoms with Gasteiger partial charge in [0.05, 0.1) is 17.1 Å². The van der Waals surface area contributed by atoms with Crippen molar-refractivity contribution in [3.8, 4) is 0 Å². The molecule has 3 aromatic heterocycles. The monoisotopic (exact) mass is 246 g/mol. The molecule has 0 fully saturated rings. The molecule has 0 aliphatic rings. The third-order valence-corrected chi connectivity index (χ3v) is 3.71. The molecule has 1 atom stereocenters. The van der Waals surface area contributed by atoms with Crippen LogP contribution in [0.1, 0.15) is 17.1 Å². The zero-order valence-electron chi connectivity index (χ0n) is 8.88. The molecule has 86 valence electrons. The summed E-state index contributed by atoms with van der Waals surface area (Å²) in [5, 5.41) is 20.5. The summed E-state index contributed by atoms with van der Waals surface area (Å²) >= 11 is 0. The number of nitrogens with zero attached hydrogens (tertiary/aromatic N) is 3. The molecule has 17 heavy (non-hydrogen) atoms. The van der Waals surface area contributed by atoms with Crippen LogP contribution in [0.2, 0.25) is 0 Å². The maximum Gasteiger partial charge on any atom is 0.108 e. The van der Waals surface area contributed by atoms with Crippen molar-refractivity contribution < 1.29 is 0 Å². The molecule has 3 aromatic rings. The summed E-state index contributed by atoms with van der Waals surface area (Å²) in [4.78, 5) is 0. The van der Waals surface area contributed by atoms with E-state index in [1.807, 2.05) is 18.2 Å². The van der Waals surface area contributed by atoms with Gasteiger partial charge in [-0.15, -0.1) is 9.24 Å². The minimum absolute atomic E-state index is 0.469. The van der Waals surface area contributed by atoms with Crippen LogP contribution in [-0.2, 0) is 5.16 Å². The first-order chi connectivity index (χ1) is 8.32. The maximum absolute atomic E-state index is 4.00. The van der Waals surface area contributed by atoms with Gasteiger partial charge in [-0.2, -0.15) is 15.3 Å². The van der Waals surface area contributed by atoms with Gasteiger partial charge in [-0.3, -0.25) is 15.3 Å². The predicted molar refractivity (Wildman–Crippen MR) is 65.4 cm³/mol. The minimum atomic E-state index is -0.469. The molecule has 7 heteroatoms. The van der Waals surface area contributed by atoms with Crippen molar-refractivity contribution in [1.82, 2.24) is 30.6 Å². The van der Waals surface area contributed by atoms with E-state index < -0.39 is 5.16 Å². The smallest absolute Gasteiger partial charge is 0.108 e. The summed E-state index contributed by atoms with van der Waals surface area (Å²) in [6, 6.07) is 5.78. The molecule has 0 amide bonds. The van der Waals surface area contributed by atoms with Gasteiger partial charge in [-0.1, -0.05) is 0 Å². The molecule has 6 nitrogen and oxygen atoms in total. The Hall–Kier alpha value is -1.94. The average Bonchev–Trinajstić information content (AvgIpc) is 3.10. The molecule has 0 saturated carbocycles. The molecule has 3 rings (SSSR count). The van der Waals surface area contributed by atoms with E-state index in [0.717, 1.165) is 17.1 Å². The number of hydrogen-bond donors (Lipinski definition) is 3. The molecule has 3 heterocycles. The Morgan fingerprint density at radius 1 is 0.765 bits per heavy atom. The Bertz CT molecular complexity index is 484. The van der Waals surface area contributed by atoms with E-state index >= 15 is 0 Å². The molecular formula is C10H11N6P. The van der Waals surface area contributed by atoms with Crippen molar-refractivity contribution in [1.29, 1.82) is 0 Å². The van der Waals surface area contributed by atoms with E-state index in [2.05, 4.69) is 39.8 Å². The second-order valence-electron chi connectivity index (χ2n) is 3.72. The fourth-order valence-corrected chi connectivity index (χ4v) is 2.34. The van der Waals surface area contributed by atoms with Crippen molar-refractivity contribution in [2.75, 3.05) is 0 Å². The lowest BCUT2D eigenvalue weighted by molar-refractivity contribution is 0.757. The third-order valence-electron chi connectivity index (χ3n) is 2.78. The molecule has 1 unspecified atom stereocenters. The summed E-state index contributed by atoms with van der Waals surface area (Å²) < 4.78 is 0. The highest BCUT2D eigenvalue weighted by Gasteiger charge is 2.35. The molecule has 0 spiro atoms. The second-order valence-corrected chi connectivity index (χ2v) is 4.58. The Morgan fingerprint density at radius 2 is 1.12 bits per heavy atom. The predicted octanol–water partition coefficient (Wildman–Crippen LogP) is 1.02. The number of rotatable bonds is 3. The van der Waals surface area contributed by atoms with Crippen LogP contribution in [0.15, 0.2) is 36.8 Å². The van der Waals surface area contributed by atoms with Crippen molar-refractivity contribution in [3.63, 3.8) is 0 Å². The molecule has 0 bridgehead atoms. The fourth-order valence-electron chi connectivity index (χ4n) is 1.86. The highest BCUT2D eigenvalue weighted by Crippen LogP contribution is 2.41. The van der Waals surface area contributed by atoms with E-state index in [-0.39, 0.29) is 0 Å². The molecule has 0 aliphatic carbocycles. The van der Waals surface area contributed by atoms with Crippen LogP contribution in [0.3, 0.4) is 0 Å². The van der Waals surface area contributed by atoms with Gasteiger partial charge < -0.3 is 0 Å². The van der Waals surface area contributed by atoms with Gasteiger partial charge in [-0.25, -0.2) is 0 Å². The van der Waals surface area contributed by atoms with Crippen molar-refractivity contribution in [2.45, 2.75) is 5.16 Å². The number of hydrogen-bond acceptors (Lipinski definition) is 3.